The van der Waals surface area contributed by atoms with Gasteiger partial charge in [-0.25, -0.2) is 4.99 Å². The summed E-state index contributed by atoms with van der Waals surface area (Å²) in [6.07, 6.45) is 0. The molecule has 0 bridgehead atoms. The van der Waals surface area contributed by atoms with Gasteiger partial charge in [-0.1, -0.05) is 12.1 Å². The third-order valence-corrected chi connectivity index (χ3v) is 2.34. The van der Waals surface area contributed by atoms with Crippen molar-refractivity contribution in [2.24, 2.45) is 10.7 Å². The highest BCUT2D eigenvalue weighted by atomic mass is 127. The van der Waals surface area contributed by atoms with Crippen molar-refractivity contribution in [3.05, 3.63) is 29.3 Å². The Labute approximate surface area is 126 Å². The van der Waals surface area contributed by atoms with E-state index in [-0.39, 0.29) is 24.0 Å². The van der Waals surface area contributed by atoms with Gasteiger partial charge < -0.3 is 15.8 Å². The van der Waals surface area contributed by atoms with Crippen LogP contribution in [0.5, 0.6) is 5.75 Å². The van der Waals surface area contributed by atoms with Crippen molar-refractivity contribution >= 4 is 29.9 Å². The Hall–Kier alpha value is -0.980. The monoisotopic (exact) mass is 363 g/mol. The second-order valence-corrected chi connectivity index (χ2v) is 4.30. The topological polar surface area (TPSA) is 59.6 Å². The van der Waals surface area contributed by atoms with Crippen molar-refractivity contribution in [1.29, 1.82) is 0 Å². The number of methoxy groups -OCH3 is 1. The first kappa shape index (κ1) is 17.0. The van der Waals surface area contributed by atoms with Crippen LogP contribution in [-0.4, -0.2) is 19.1 Å². The Kier molecular flexibility index (Phi) is 7.73. The molecule has 1 rings (SSSR count). The molecule has 102 valence electrons. The molecule has 4 nitrogen and oxygen atoms in total. The Balaban J connectivity index is 0.00000289. The van der Waals surface area contributed by atoms with E-state index in [1.165, 1.54) is 0 Å². The van der Waals surface area contributed by atoms with E-state index < -0.39 is 0 Å². The SMILES string of the molecule is COc1cc(CN=C(N)NC(C)C)ccc1C.I. The Morgan fingerprint density at radius 1 is 1.44 bits per heavy atom. The molecule has 0 atom stereocenters. The van der Waals surface area contributed by atoms with Gasteiger partial charge in [0.15, 0.2) is 5.96 Å². The average molecular weight is 363 g/mol. The number of nitrogens with two attached hydrogens (primary N) is 1. The molecule has 0 saturated carbocycles. The van der Waals surface area contributed by atoms with Gasteiger partial charge in [0.2, 0.25) is 0 Å². The van der Waals surface area contributed by atoms with Crippen LogP contribution in [0.2, 0.25) is 0 Å². The lowest BCUT2D eigenvalue weighted by molar-refractivity contribution is 0.411. The first-order valence-corrected chi connectivity index (χ1v) is 5.73. The summed E-state index contributed by atoms with van der Waals surface area (Å²) in [5.74, 6) is 1.35. The number of hydrogen-bond acceptors (Lipinski definition) is 2. The van der Waals surface area contributed by atoms with Crippen LogP contribution in [0, 0.1) is 6.92 Å². The smallest absolute Gasteiger partial charge is 0.189 e. The molecule has 3 N–H and O–H groups in total. The summed E-state index contributed by atoms with van der Waals surface area (Å²) in [4.78, 5) is 4.27. The largest absolute Gasteiger partial charge is 0.496 e. The first-order chi connectivity index (χ1) is 8.02. The molecule has 0 unspecified atom stereocenters. The van der Waals surface area contributed by atoms with E-state index in [0.717, 1.165) is 16.9 Å². The number of halogens is 1. The molecule has 0 fully saturated rings. The molecule has 0 aliphatic rings. The molecule has 18 heavy (non-hydrogen) atoms. The maximum atomic E-state index is 5.73. The zero-order valence-electron chi connectivity index (χ0n) is 11.4. The van der Waals surface area contributed by atoms with Crippen LogP contribution in [0.25, 0.3) is 0 Å². The van der Waals surface area contributed by atoms with Crippen LogP contribution in [0.3, 0.4) is 0 Å². The number of ether oxygens (including phenoxy) is 1. The van der Waals surface area contributed by atoms with E-state index >= 15 is 0 Å². The number of nitrogens with one attached hydrogen (secondary N) is 1. The lowest BCUT2D eigenvalue weighted by Gasteiger charge is -2.09. The highest BCUT2D eigenvalue weighted by molar-refractivity contribution is 14.0. The molecule has 0 spiro atoms. The normalized spacial score (nSPS) is 11.1. The molecule has 0 aromatic heterocycles. The third-order valence-electron chi connectivity index (χ3n) is 2.34. The molecule has 1 aromatic carbocycles. The van der Waals surface area contributed by atoms with Crippen molar-refractivity contribution in [2.75, 3.05) is 7.11 Å². The standard InChI is InChI=1S/C13H21N3O.HI/c1-9(2)16-13(14)15-8-11-6-5-10(3)12(7-11)17-4;/h5-7,9H,8H2,1-4H3,(H3,14,15,16);1H. The Morgan fingerprint density at radius 2 is 2.11 bits per heavy atom. The fourth-order valence-corrected chi connectivity index (χ4v) is 1.48. The van der Waals surface area contributed by atoms with Gasteiger partial charge in [0.25, 0.3) is 0 Å². The second-order valence-electron chi connectivity index (χ2n) is 4.30. The lowest BCUT2D eigenvalue weighted by Crippen LogP contribution is -2.36. The Morgan fingerprint density at radius 3 is 2.67 bits per heavy atom. The summed E-state index contributed by atoms with van der Waals surface area (Å²) in [5.41, 5.74) is 7.93. The predicted molar refractivity (Wildman–Crippen MR) is 86.7 cm³/mol. The van der Waals surface area contributed by atoms with Gasteiger partial charge in [0, 0.05) is 6.04 Å². The molecule has 0 saturated heterocycles. The van der Waals surface area contributed by atoms with Crippen LogP contribution in [-0.2, 0) is 6.54 Å². The van der Waals surface area contributed by atoms with Crippen LogP contribution < -0.4 is 15.8 Å². The zero-order chi connectivity index (χ0) is 12.8. The minimum atomic E-state index is 0. The van der Waals surface area contributed by atoms with Crippen LogP contribution in [0.15, 0.2) is 23.2 Å². The fraction of sp³-hybridized carbons (Fsp3) is 0.462. The molecule has 5 heteroatoms. The van der Waals surface area contributed by atoms with Crippen LogP contribution >= 0.6 is 24.0 Å². The number of aryl methyl sites for hydroxylation is 1. The maximum absolute atomic E-state index is 5.73. The molecule has 0 radical (unpaired) electrons. The second kappa shape index (κ2) is 8.18. The third kappa shape index (κ3) is 5.57. The fourth-order valence-electron chi connectivity index (χ4n) is 1.48. The molecule has 0 aliphatic carbocycles. The van der Waals surface area contributed by atoms with Gasteiger partial charge in [-0.2, -0.15) is 0 Å². The van der Waals surface area contributed by atoms with Gasteiger partial charge in [0.1, 0.15) is 5.75 Å². The highest BCUT2D eigenvalue weighted by Gasteiger charge is 2.00. The molecular formula is C13H22IN3O. The van der Waals surface area contributed by atoms with Crippen LogP contribution in [0.4, 0.5) is 0 Å². The van der Waals surface area contributed by atoms with Crippen molar-refractivity contribution in [3.63, 3.8) is 0 Å². The van der Waals surface area contributed by atoms with E-state index in [9.17, 15) is 0 Å². The number of aliphatic imine (C=N–C) groups is 1. The van der Waals surface area contributed by atoms with E-state index in [2.05, 4.69) is 10.3 Å². The molecule has 0 heterocycles. The molecule has 0 amide bonds. The molecule has 1 aromatic rings. The van der Waals surface area contributed by atoms with Gasteiger partial charge in [0.05, 0.1) is 13.7 Å². The van der Waals surface area contributed by atoms with Crippen LogP contribution in [0.1, 0.15) is 25.0 Å². The number of hydrogen-bond donors (Lipinski definition) is 2. The quantitative estimate of drug-likeness (QED) is 0.491. The van der Waals surface area contributed by atoms with Crippen molar-refractivity contribution in [2.45, 2.75) is 33.4 Å². The number of rotatable bonds is 4. The molecular weight excluding hydrogens is 341 g/mol. The van der Waals surface area contributed by atoms with Gasteiger partial charge in [-0.3, -0.25) is 0 Å². The summed E-state index contributed by atoms with van der Waals surface area (Å²) in [6.45, 7) is 6.62. The lowest BCUT2D eigenvalue weighted by atomic mass is 10.1. The van der Waals surface area contributed by atoms with E-state index in [1.54, 1.807) is 7.11 Å². The first-order valence-electron chi connectivity index (χ1n) is 5.73. The van der Waals surface area contributed by atoms with Crippen molar-refractivity contribution in [3.8, 4) is 5.75 Å². The summed E-state index contributed by atoms with van der Waals surface area (Å²) >= 11 is 0. The minimum absolute atomic E-state index is 0. The minimum Gasteiger partial charge on any atom is -0.496 e. The van der Waals surface area contributed by atoms with E-state index in [4.69, 9.17) is 10.5 Å². The predicted octanol–water partition coefficient (Wildman–Crippen LogP) is 2.43. The number of guanidine groups is 1. The molecule has 0 aliphatic heterocycles. The zero-order valence-corrected chi connectivity index (χ0v) is 13.7. The maximum Gasteiger partial charge on any atom is 0.189 e. The Bertz CT molecular complexity index is 405. The summed E-state index contributed by atoms with van der Waals surface area (Å²) in [5, 5.41) is 3.05. The van der Waals surface area contributed by atoms with Crippen molar-refractivity contribution in [1.82, 2.24) is 5.32 Å². The number of benzene rings is 1. The van der Waals surface area contributed by atoms with Crippen molar-refractivity contribution < 1.29 is 4.74 Å². The van der Waals surface area contributed by atoms with Gasteiger partial charge in [-0.05, 0) is 38.0 Å². The average Bonchev–Trinajstić information content (AvgIpc) is 2.27. The number of nitrogens with zero attached hydrogens (tertiary/aromatic N) is 1. The van der Waals surface area contributed by atoms with Gasteiger partial charge >= 0.3 is 0 Å². The van der Waals surface area contributed by atoms with E-state index in [1.807, 2.05) is 39.0 Å². The summed E-state index contributed by atoms with van der Waals surface area (Å²) in [7, 11) is 1.67. The summed E-state index contributed by atoms with van der Waals surface area (Å²) < 4.78 is 5.26. The summed E-state index contributed by atoms with van der Waals surface area (Å²) in [6, 6.07) is 6.34. The van der Waals surface area contributed by atoms with Gasteiger partial charge in [-0.15, -0.1) is 24.0 Å². The highest BCUT2D eigenvalue weighted by Crippen LogP contribution is 2.19. The van der Waals surface area contributed by atoms with E-state index in [0.29, 0.717) is 18.5 Å².